The molecule has 0 heterocycles. The predicted octanol–water partition coefficient (Wildman–Crippen LogP) is 0.834. The minimum absolute atomic E-state index is 0.242. The van der Waals surface area contributed by atoms with Gasteiger partial charge < -0.3 is 9.53 Å². The van der Waals surface area contributed by atoms with Crippen molar-refractivity contribution in [2.24, 2.45) is 11.8 Å². The number of nitro groups is 1. The van der Waals surface area contributed by atoms with Crippen LogP contribution in [0.1, 0.15) is 13.8 Å². The molecule has 16 heavy (non-hydrogen) atoms. The molecule has 0 fully saturated rings. The highest BCUT2D eigenvalue weighted by atomic mass is 16.6. The lowest BCUT2D eigenvalue weighted by Gasteiger charge is -2.10. The quantitative estimate of drug-likeness (QED) is 0.212. The number of carbonyl (C=O) groups is 2. The number of hydrogen-bond donors (Lipinski definition) is 0. The highest BCUT2D eigenvalue weighted by molar-refractivity contribution is 5.82. The van der Waals surface area contributed by atoms with Gasteiger partial charge in [-0.25, -0.2) is 4.79 Å². The first-order chi connectivity index (χ1) is 7.51. The van der Waals surface area contributed by atoms with Gasteiger partial charge in [0, 0.05) is 16.9 Å². The first-order valence-electron chi connectivity index (χ1n) is 4.93. The molecule has 0 saturated heterocycles. The first kappa shape index (κ1) is 14.3. The molecular formula is C10H15NO5. The molecule has 2 atom stereocenters. The third-order valence-electron chi connectivity index (χ3n) is 2.02. The van der Waals surface area contributed by atoms with Gasteiger partial charge in [-0.3, -0.25) is 10.1 Å². The molecule has 0 radical (unpaired) electrons. The largest absolute Gasteiger partial charge is 0.463 e. The Balaban J connectivity index is 4.46. The van der Waals surface area contributed by atoms with Crippen LogP contribution in [0.5, 0.6) is 0 Å². The van der Waals surface area contributed by atoms with E-state index in [0.717, 1.165) is 6.08 Å². The zero-order chi connectivity index (χ0) is 12.6. The molecule has 0 saturated carbocycles. The van der Waals surface area contributed by atoms with Gasteiger partial charge >= 0.3 is 5.97 Å². The fourth-order valence-electron chi connectivity index (χ4n) is 1.07. The van der Waals surface area contributed by atoms with Crippen molar-refractivity contribution < 1.29 is 19.2 Å². The van der Waals surface area contributed by atoms with Crippen LogP contribution in [-0.2, 0) is 14.3 Å². The number of ether oxygens (including phenoxy) is 1. The van der Waals surface area contributed by atoms with Crippen molar-refractivity contribution >= 4 is 12.3 Å². The van der Waals surface area contributed by atoms with E-state index >= 15 is 0 Å². The van der Waals surface area contributed by atoms with E-state index < -0.39 is 22.7 Å². The monoisotopic (exact) mass is 229 g/mol. The predicted molar refractivity (Wildman–Crippen MR) is 56.4 cm³/mol. The molecule has 0 amide bonds. The summed E-state index contributed by atoms with van der Waals surface area (Å²) in [5.74, 6) is -1.65. The van der Waals surface area contributed by atoms with Gasteiger partial charge in [0.2, 0.25) is 6.54 Å². The zero-order valence-electron chi connectivity index (χ0n) is 9.29. The number of aldehydes is 1. The van der Waals surface area contributed by atoms with Crippen LogP contribution in [0.4, 0.5) is 0 Å². The number of esters is 1. The summed E-state index contributed by atoms with van der Waals surface area (Å²) in [6.07, 6.45) is 3.10. The highest BCUT2D eigenvalue weighted by Gasteiger charge is 2.19. The lowest BCUT2D eigenvalue weighted by Crippen LogP contribution is -2.20. The Morgan fingerprint density at radius 1 is 1.56 bits per heavy atom. The molecule has 0 rings (SSSR count). The second-order valence-electron chi connectivity index (χ2n) is 3.29. The SMILES string of the molecule is CCOC(=O)/C=C/[C@@H](C[N+](=O)[O-])[C@@H](C)C=O. The van der Waals surface area contributed by atoms with E-state index in [1.165, 1.54) is 6.08 Å². The lowest BCUT2D eigenvalue weighted by molar-refractivity contribution is -0.486. The summed E-state index contributed by atoms with van der Waals surface area (Å²) in [4.78, 5) is 31.3. The molecule has 0 spiro atoms. The van der Waals surface area contributed by atoms with E-state index in [1.807, 2.05) is 0 Å². The molecule has 0 aliphatic heterocycles. The molecule has 0 N–H and O–H groups in total. The Labute approximate surface area is 93.4 Å². The molecule has 90 valence electrons. The van der Waals surface area contributed by atoms with Crippen molar-refractivity contribution in [1.29, 1.82) is 0 Å². The first-order valence-corrected chi connectivity index (χ1v) is 4.93. The zero-order valence-corrected chi connectivity index (χ0v) is 9.29. The molecule has 0 bridgehead atoms. The minimum Gasteiger partial charge on any atom is -0.463 e. The Morgan fingerprint density at radius 2 is 2.19 bits per heavy atom. The van der Waals surface area contributed by atoms with E-state index in [2.05, 4.69) is 4.74 Å². The van der Waals surface area contributed by atoms with Gasteiger partial charge in [-0.1, -0.05) is 13.0 Å². The van der Waals surface area contributed by atoms with E-state index in [9.17, 15) is 19.7 Å². The summed E-state index contributed by atoms with van der Waals surface area (Å²) >= 11 is 0. The van der Waals surface area contributed by atoms with E-state index in [4.69, 9.17) is 0 Å². The van der Waals surface area contributed by atoms with Gasteiger partial charge in [0.05, 0.1) is 12.5 Å². The van der Waals surface area contributed by atoms with Gasteiger partial charge in [-0.05, 0) is 6.92 Å². The average Bonchev–Trinajstić information content (AvgIpc) is 2.23. The molecule has 6 nitrogen and oxygen atoms in total. The molecule has 0 aliphatic rings. The van der Waals surface area contributed by atoms with Gasteiger partial charge in [-0.15, -0.1) is 0 Å². The second-order valence-corrected chi connectivity index (χ2v) is 3.29. The summed E-state index contributed by atoms with van der Waals surface area (Å²) in [6.45, 7) is 3.09. The van der Waals surface area contributed by atoms with Crippen molar-refractivity contribution in [2.45, 2.75) is 13.8 Å². The standard InChI is InChI=1S/C10H15NO5/c1-3-16-10(13)5-4-9(6-11(14)15)8(2)7-12/h4-5,7-9H,3,6H2,1-2H3/b5-4+/t8-,9-/m0/s1. The molecule has 0 unspecified atom stereocenters. The molecule has 0 aromatic rings. The molecule has 6 heteroatoms. The summed E-state index contributed by atoms with van der Waals surface area (Å²) in [5, 5.41) is 10.3. The van der Waals surface area contributed by atoms with Crippen LogP contribution in [0.25, 0.3) is 0 Å². The van der Waals surface area contributed by atoms with Crippen LogP contribution in [0.15, 0.2) is 12.2 Å². The Hall–Kier alpha value is -1.72. The second kappa shape index (κ2) is 7.56. The number of nitrogens with zero attached hydrogens (tertiary/aromatic N) is 1. The number of rotatable bonds is 7. The minimum atomic E-state index is -0.586. The van der Waals surface area contributed by atoms with Gasteiger partial charge in [0.25, 0.3) is 0 Å². The van der Waals surface area contributed by atoms with Crippen molar-refractivity contribution in [3.8, 4) is 0 Å². The Kier molecular flexibility index (Phi) is 6.74. The van der Waals surface area contributed by atoms with Gasteiger partial charge in [-0.2, -0.15) is 0 Å². The summed E-state index contributed by atoms with van der Waals surface area (Å²) < 4.78 is 4.63. The molecular weight excluding hydrogens is 214 g/mol. The smallest absolute Gasteiger partial charge is 0.330 e. The van der Waals surface area contributed by atoms with E-state index in [-0.39, 0.29) is 13.2 Å². The highest BCUT2D eigenvalue weighted by Crippen LogP contribution is 2.11. The topological polar surface area (TPSA) is 86.5 Å². The normalized spacial score (nSPS) is 14.4. The van der Waals surface area contributed by atoms with Crippen LogP contribution < -0.4 is 0 Å². The number of hydrogen-bond acceptors (Lipinski definition) is 5. The van der Waals surface area contributed by atoms with Crippen molar-refractivity contribution in [3.05, 3.63) is 22.3 Å². The van der Waals surface area contributed by atoms with Crippen molar-refractivity contribution in [1.82, 2.24) is 0 Å². The van der Waals surface area contributed by atoms with Crippen LogP contribution in [0.2, 0.25) is 0 Å². The van der Waals surface area contributed by atoms with E-state index in [0.29, 0.717) is 6.29 Å². The maximum absolute atomic E-state index is 11.0. The van der Waals surface area contributed by atoms with Crippen molar-refractivity contribution in [3.63, 3.8) is 0 Å². The lowest BCUT2D eigenvalue weighted by atomic mass is 9.95. The van der Waals surface area contributed by atoms with Gasteiger partial charge in [0.15, 0.2) is 0 Å². The molecule has 0 aliphatic carbocycles. The molecule has 0 aromatic carbocycles. The third-order valence-corrected chi connectivity index (χ3v) is 2.02. The van der Waals surface area contributed by atoms with Crippen LogP contribution in [0, 0.1) is 22.0 Å². The fraction of sp³-hybridized carbons (Fsp3) is 0.600. The van der Waals surface area contributed by atoms with Crippen molar-refractivity contribution in [2.75, 3.05) is 13.2 Å². The van der Waals surface area contributed by atoms with Crippen LogP contribution >= 0.6 is 0 Å². The van der Waals surface area contributed by atoms with Crippen LogP contribution in [-0.4, -0.2) is 30.3 Å². The maximum Gasteiger partial charge on any atom is 0.330 e. The van der Waals surface area contributed by atoms with Gasteiger partial charge in [0.1, 0.15) is 6.29 Å². The Bertz CT molecular complexity index is 287. The fourth-order valence-corrected chi connectivity index (χ4v) is 1.07. The summed E-state index contributed by atoms with van der Waals surface area (Å²) in [5.41, 5.74) is 0. The number of carbonyl (C=O) groups excluding carboxylic acids is 2. The van der Waals surface area contributed by atoms with E-state index in [1.54, 1.807) is 13.8 Å². The summed E-state index contributed by atoms with van der Waals surface area (Å²) in [6, 6.07) is 0. The summed E-state index contributed by atoms with van der Waals surface area (Å²) in [7, 11) is 0. The third kappa shape index (κ3) is 5.90. The Morgan fingerprint density at radius 3 is 2.62 bits per heavy atom. The maximum atomic E-state index is 11.0. The van der Waals surface area contributed by atoms with Crippen LogP contribution in [0.3, 0.4) is 0 Å². The molecule has 0 aromatic heterocycles. The average molecular weight is 229 g/mol.